The third-order valence-electron chi connectivity index (χ3n) is 4.19. The molecule has 8 heteroatoms. The Morgan fingerprint density at radius 2 is 2.28 bits per heavy atom. The number of hydrogen-bond acceptors (Lipinski definition) is 3. The van der Waals surface area contributed by atoms with Gasteiger partial charge in [0.15, 0.2) is 17.5 Å². The topological polar surface area (TPSA) is 80.0 Å². The van der Waals surface area contributed by atoms with Crippen LogP contribution in [0.2, 0.25) is 0 Å². The van der Waals surface area contributed by atoms with Crippen molar-refractivity contribution >= 4 is 35.8 Å². The number of amides is 1. The van der Waals surface area contributed by atoms with Crippen molar-refractivity contribution in [3.05, 3.63) is 29.6 Å². The zero-order valence-corrected chi connectivity index (χ0v) is 17.0. The zero-order chi connectivity index (χ0) is 17.5. The molecule has 0 aromatic heterocycles. The summed E-state index contributed by atoms with van der Waals surface area (Å²) in [4.78, 5) is 17.5. The molecule has 3 N–H and O–H groups in total. The van der Waals surface area contributed by atoms with Crippen molar-refractivity contribution in [2.24, 2.45) is 16.6 Å². The number of rotatable bonds is 5. The van der Waals surface area contributed by atoms with E-state index in [2.05, 4.69) is 15.2 Å². The molecule has 1 aromatic carbocycles. The number of aliphatic imine (C=N–C) groups is 1. The van der Waals surface area contributed by atoms with E-state index in [1.165, 1.54) is 13.2 Å². The van der Waals surface area contributed by atoms with E-state index >= 15 is 0 Å². The number of methoxy groups -OCH3 is 1. The second-order valence-corrected chi connectivity index (χ2v) is 5.99. The van der Waals surface area contributed by atoms with Crippen molar-refractivity contribution in [2.45, 2.75) is 25.8 Å². The monoisotopic (exact) mass is 464 g/mol. The maximum Gasteiger partial charge on any atom is 0.217 e. The van der Waals surface area contributed by atoms with Gasteiger partial charge in [-0.05, 0) is 36.5 Å². The first kappa shape index (κ1) is 21.5. The number of piperidine rings is 1. The molecule has 1 aliphatic heterocycles. The number of carbonyl (C=O) groups excluding carboxylic acids is 1. The highest BCUT2D eigenvalue weighted by Gasteiger charge is 2.23. The molecule has 0 bridgehead atoms. The standard InChI is InChI=1S/C17H25FN4O2.HI/c1-20-17(22-7-3-4-13(11-22)9-16(19)23)21-10-12-5-6-15(24-2)14(18)8-12;/h5-6,8,13H,3-4,7,9-11H2,1-2H3,(H2,19,23)(H,20,21);1H. The number of guanidine groups is 1. The third kappa shape index (κ3) is 6.33. The van der Waals surface area contributed by atoms with Crippen molar-refractivity contribution in [1.82, 2.24) is 10.2 Å². The van der Waals surface area contributed by atoms with E-state index in [1.54, 1.807) is 13.1 Å². The summed E-state index contributed by atoms with van der Waals surface area (Å²) in [5, 5.41) is 3.25. The fourth-order valence-electron chi connectivity index (χ4n) is 3.04. The van der Waals surface area contributed by atoms with Gasteiger partial charge in [-0.2, -0.15) is 0 Å². The molecule has 0 spiro atoms. The molecule has 0 saturated carbocycles. The smallest absolute Gasteiger partial charge is 0.217 e. The molecule has 140 valence electrons. The summed E-state index contributed by atoms with van der Waals surface area (Å²) in [5.74, 6) is 0.590. The van der Waals surface area contributed by atoms with Gasteiger partial charge in [-0.15, -0.1) is 24.0 Å². The van der Waals surface area contributed by atoms with Crippen molar-refractivity contribution in [3.8, 4) is 5.75 Å². The summed E-state index contributed by atoms with van der Waals surface area (Å²) in [6.45, 7) is 2.09. The Morgan fingerprint density at radius 1 is 1.52 bits per heavy atom. The Kier molecular flexibility index (Phi) is 8.95. The summed E-state index contributed by atoms with van der Waals surface area (Å²) < 4.78 is 18.7. The number of hydrogen-bond donors (Lipinski definition) is 2. The van der Waals surface area contributed by atoms with Crippen molar-refractivity contribution in [1.29, 1.82) is 0 Å². The number of likely N-dealkylation sites (tertiary alicyclic amines) is 1. The second-order valence-electron chi connectivity index (χ2n) is 5.99. The molecule has 0 radical (unpaired) electrons. The van der Waals surface area contributed by atoms with Crippen LogP contribution in [0.5, 0.6) is 5.75 Å². The van der Waals surface area contributed by atoms with Crippen LogP contribution in [0.1, 0.15) is 24.8 Å². The second kappa shape index (κ2) is 10.4. The molecule has 1 atom stereocenters. The molecule has 1 saturated heterocycles. The van der Waals surface area contributed by atoms with Crippen molar-refractivity contribution in [2.75, 3.05) is 27.2 Å². The lowest BCUT2D eigenvalue weighted by Gasteiger charge is -2.34. The number of carbonyl (C=O) groups is 1. The predicted octanol–water partition coefficient (Wildman–Crippen LogP) is 2.12. The Morgan fingerprint density at radius 3 is 2.88 bits per heavy atom. The maximum absolute atomic E-state index is 13.7. The third-order valence-corrected chi connectivity index (χ3v) is 4.19. The highest BCUT2D eigenvalue weighted by atomic mass is 127. The molecule has 1 aliphatic rings. The van der Waals surface area contributed by atoms with Crippen LogP contribution < -0.4 is 15.8 Å². The number of halogens is 2. The molecular formula is C17H26FIN4O2. The van der Waals surface area contributed by atoms with Gasteiger partial charge in [0.2, 0.25) is 5.91 Å². The number of benzene rings is 1. The molecule has 1 unspecified atom stereocenters. The first-order chi connectivity index (χ1) is 11.5. The largest absolute Gasteiger partial charge is 0.494 e. The number of nitrogens with two attached hydrogens (primary N) is 1. The molecule has 1 amide bonds. The van der Waals surface area contributed by atoms with Crippen LogP contribution in [0, 0.1) is 11.7 Å². The molecule has 1 fully saturated rings. The summed E-state index contributed by atoms with van der Waals surface area (Å²) in [5.41, 5.74) is 6.11. The first-order valence-electron chi connectivity index (χ1n) is 8.09. The van der Waals surface area contributed by atoms with Gasteiger partial charge < -0.3 is 20.7 Å². The van der Waals surface area contributed by atoms with Crippen LogP contribution in [0.15, 0.2) is 23.2 Å². The van der Waals surface area contributed by atoms with Crippen LogP contribution >= 0.6 is 24.0 Å². The van der Waals surface area contributed by atoms with Gasteiger partial charge in [0.05, 0.1) is 7.11 Å². The molecule has 0 aliphatic carbocycles. The molecule has 1 heterocycles. The van der Waals surface area contributed by atoms with Gasteiger partial charge in [0.1, 0.15) is 0 Å². The minimum absolute atomic E-state index is 0. The summed E-state index contributed by atoms with van der Waals surface area (Å²) in [6, 6.07) is 4.87. The van der Waals surface area contributed by atoms with E-state index in [0.717, 1.165) is 37.5 Å². The molecule has 2 rings (SSSR count). The van der Waals surface area contributed by atoms with Gasteiger partial charge in [-0.3, -0.25) is 9.79 Å². The molecular weight excluding hydrogens is 438 g/mol. The molecule has 1 aromatic rings. The van der Waals surface area contributed by atoms with Crippen molar-refractivity contribution < 1.29 is 13.9 Å². The molecule has 25 heavy (non-hydrogen) atoms. The van der Waals surface area contributed by atoms with Crippen LogP contribution in [0.3, 0.4) is 0 Å². The van der Waals surface area contributed by atoms with Crippen molar-refractivity contribution in [3.63, 3.8) is 0 Å². The summed E-state index contributed by atoms with van der Waals surface area (Å²) in [6.07, 6.45) is 2.40. The Labute approximate surface area is 165 Å². The average molecular weight is 464 g/mol. The SMILES string of the molecule is CN=C(NCc1ccc(OC)c(F)c1)N1CCCC(CC(N)=O)C1.I. The van der Waals surface area contributed by atoms with Crippen LogP contribution in [0.4, 0.5) is 4.39 Å². The average Bonchev–Trinajstić information content (AvgIpc) is 2.55. The summed E-state index contributed by atoms with van der Waals surface area (Å²) in [7, 11) is 3.16. The lowest BCUT2D eigenvalue weighted by molar-refractivity contribution is -0.119. The van der Waals surface area contributed by atoms with Crippen LogP contribution in [-0.4, -0.2) is 44.0 Å². The highest BCUT2D eigenvalue weighted by Crippen LogP contribution is 2.20. The summed E-state index contributed by atoms with van der Waals surface area (Å²) >= 11 is 0. The van der Waals surface area contributed by atoms with Crippen LogP contribution in [-0.2, 0) is 11.3 Å². The van der Waals surface area contributed by atoms with Crippen LogP contribution in [0.25, 0.3) is 0 Å². The maximum atomic E-state index is 13.7. The van der Waals surface area contributed by atoms with Gasteiger partial charge in [-0.25, -0.2) is 4.39 Å². The predicted molar refractivity (Wildman–Crippen MR) is 107 cm³/mol. The highest BCUT2D eigenvalue weighted by molar-refractivity contribution is 14.0. The zero-order valence-electron chi connectivity index (χ0n) is 14.6. The Balaban J connectivity index is 0.00000312. The van der Waals surface area contributed by atoms with Gasteiger partial charge in [-0.1, -0.05) is 6.07 Å². The van der Waals surface area contributed by atoms with E-state index in [4.69, 9.17) is 10.5 Å². The minimum atomic E-state index is -0.383. The number of ether oxygens (including phenoxy) is 1. The van der Waals surface area contributed by atoms with Gasteiger partial charge in [0, 0.05) is 33.1 Å². The minimum Gasteiger partial charge on any atom is -0.494 e. The quantitative estimate of drug-likeness (QED) is 0.398. The Hall–Kier alpha value is -1.58. The number of primary amides is 1. The number of nitrogens with one attached hydrogen (secondary N) is 1. The first-order valence-corrected chi connectivity index (χ1v) is 8.09. The normalized spacial score (nSPS) is 17.6. The van der Waals surface area contributed by atoms with Gasteiger partial charge in [0.25, 0.3) is 0 Å². The van der Waals surface area contributed by atoms with E-state index in [-0.39, 0.29) is 47.4 Å². The van der Waals surface area contributed by atoms with E-state index < -0.39 is 0 Å². The van der Waals surface area contributed by atoms with Gasteiger partial charge >= 0.3 is 0 Å². The lowest BCUT2D eigenvalue weighted by Crippen LogP contribution is -2.46. The Bertz CT molecular complexity index is 612. The van der Waals surface area contributed by atoms with E-state index in [1.807, 2.05) is 6.07 Å². The van der Waals surface area contributed by atoms with E-state index in [0.29, 0.717) is 13.0 Å². The fraction of sp³-hybridized carbons (Fsp3) is 0.529. The lowest BCUT2D eigenvalue weighted by atomic mass is 9.95. The fourth-order valence-corrected chi connectivity index (χ4v) is 3.04. The van der Waals surface area contributed by atoms with E-state index in [9.17, 15) is 9.18 Å². The number of nitrogens with zero attached hydrogens (tertiary/aromatic N) is 2. The molecule has 6 nitrogen and oxygen atoms in total.